The third kappa shape index (κ3) is 17.9. The summed E-state index contributed by atoms with van der Waals surface area (Å²) < 4.78 is 2.46. The van der Waals surface area contributed by atoms with Gasteiger partial charge in [0.2, 0.25) is 0 Å². The first-order chi connectivity index (χ1) is 43.7. The van der Waals surface area contributed by atoms with E-state index in [-0.39, 0.29) is 10.8 Å². The van der Waals surface area contributed by atoms with Crippen molar-refractivity contribution in [3.63, 3.8) is 0 Å². The third-order valence-electron chi connectivity index (χ3n) is 18.5. The smallest absolute Gasteiger partial charge is 0.0577 e. The number of hydrogen-bond acceptors (Lipinski definition) is 0. The summed E-state index contributed by atoms with van der Waals surface area (Å²) in [6, 6.07) is 41.3. The molecule has 0 radical (unpaired) electrons. The van der Waals surface area contributed by atoms with Gasteiger partial charge in [-0.3, -0.25) is 0 Å². The van der Waals surface area contributed by atoms with E-state index in [0.29, 0.717) is 17.8 Å². The number of aromatic nitrogens is 1. The van der Waals surface area contributed by atoms with Crippen LogP contribution >= 0.6 is 0 Å². The van der Waals surface area contributed by atoms with Gasteiger partial charge in [-0.25, -0.2) is 0 Å². The van der Waals surface area contributed by atoms with E-state index in [1.807, 2.05) is 13.0 Å². The van der Waals surface area contributed by atoms with Crippen LogP contribution in [-0.2, 0) is 11.8 Å². The average molecular weight is 1200 g/mol. The molecular weight excluding hydrogens is 1080 g/mol. The molecule has 0 N–H and O–H groups in total. The summed E-state index contributed by atoms with van der Waals surface area (Å²) in [7, 11) is 0. The largest absolute Gasteiger partial charge is 0.309 e. The third-order valence-corrected chi connectivity index (χ3v) is 18.5. The van der Waals surface area contributed by atoms with Gasteiger partial charge in [-0.15, -0.1) is 5.73 Å². The van der Waals surface area contributed by atoms with Crippen molar-refractivity contribution in [2.75, 3.05) is 0 Å². The number of nitrogens with zero attached hydrogens (tertiary/aromatic N) is 1. The van der Waals surface area contributed by atoms with Crippen LogP contribution in [-0.4, -0.2) is 4.57 Å². The Labute approximate surface area is 549 Å². The van der Waals surface area contributed by atoms with Crippen molar-refractivity contribution in [1.29, 1.82) is 0 Å². The highest BCUT2D eigenvalue weighted by Gasteiger charge is 2.47. The normalized spacial score (nSPS) is 19.2. The van der Waals surface area contributed by atoms with Crippen molar-refractivity contribution in [2.24, 2.45) is 29.1 Å². The Morgan fingerprint density at radius 1 is 0.644 bits per heavy atom. The van der Waals surface area contributed by atoms with Crippen LogP contribution in [0, 0.1) is 42.9 Å². The van der Waals surface area contributed by atoms with Gasteiger partial charge in [-0.2, -0.15) is 0 Å². The van der Waals surface area contributed by atoms with Crippen LogP contribution in [0.4, 0.5) is 0 Å². The molecule has 2 saturated carbocycles. The number of benzene rings is 5. The fourth-order valence-corrected chi connectivity index (χ4v) is 13.2. The summed E-state index contributed by atoms with van der Waals surface area (Å²) in [5.41, 5.74) is 25.6. The fraction of sp³-hybridized carbons (Fsp3) is 0.404. The molecule has 1 heteroatoms. The van der Waals surface area contributed by atoms with E-state index in [1.165, 1.54) is 160 Å². The molecule has 1 aromatic heterocycles. The van der Waals surface area contributed by atoms with Crippen LogP contribution < -0.4 is 0 Å². The summed E-state index contributed by atoms with van der Waals surface area (Å²) in [6.45, 7) is 35.3. The van der Waals surface area contributed by atoms with Crippen molar-refractivity contribution in [3.8, 4) is 27.9 Å². The maximum absolute atomic E-state index is 3.52. The molecule has 5 aromatic carbocycles. The molecule has 11 rings (SSSR count). The lowest BCUT2D eigenvalue weighted by Crippen LogP contribution is -2.43. The van der Waals surface area contributed by atoms with Crippen molar-refractivity contribution in [2.45, 2.75) is 206 Å². The maximum atomic E-state index is 3.52. The molecule has 6 aromatic rings. The van der Waals surface area contributed by atoms with E-state index in [1.54, 1.807) is 5.57 Å². The molecule has 0 amide bonds. The van der Waals surface area contributed by atoms with E-state index in [9.17, 15) is 0 Å². The van der Waals surface area contributed by atoms with Crippen LogP contribution in [0.25, 0.3) is 56.6 Å². The molecule has 4 atom stereocenters. The quantitative estimate of drug-likeness (QED) is 0.0802. The molecule has 1 nitrogen and oxygen atoms in total. The van der Waals surface area contributed by atoms with E-state index >= 15 is 0 Å². The lowest BCUT2D eigenvalue weighted by atomic mass is 9.54. The van der Waals surface area contributed by atoms with E-state index in [4.69, 9.17) is 0 Å². The highest BCUT2D eigenvalue weighted by atomic mass is 15.0. The minimum atomic E-state index is 0.100. The number of hydrogen-bond donors (Lipinski definition) is 0. The highest BCUT2D eigenvalue weighted by molar-refractivity contribution is 5.96. The van der Waals surface area contributed by atoms with E-state index in [2.05, 4.69) is 321 Å². The van der Waals surface area contributed by atoms with Gasteiger partial charge in [0.1, 0.15) is 0 Å². The Balaban J connectivity index is 0.000000241. The first-order valence-corrected chi connectivity index (χ1v) is 35.3. The zero-order valence-corrected chi connectivity index (χ0v) is 58.9. The molecule has 1 heterocycles. The lowest BCUT2D eigenvalue weighted by molar-refractivity contribution is 0.221. The van der Waals surface area contributed by atoms with Gasteiger partial charge in [-0.1, -0.05) is 291 Å². The lowest BCUT2D eigenvalue weighted by Gasteiger charge is -2.49. The Morgan fingerprint density at radius 3 is 1.99 bits per heavy atom. The standard InChI is InChI=1S/C41H41N.C34H38.C5H12.3C3H8/c1-29(2)41-26-14-17-32(41)16-9-12-22-38(41)35-20-11-10-19-34(35)31-24-25-40-37(28-31)36-21-7-5-4-6-8-23-39(36)42(40)33-18-13-15-30(3)27-33;1-5-7-8-9-10-15-28(26(3)6-2)24-30-25-29(20-19-27(30)4)32-17-11-12-18-33(32)34-22-14-13-16-31(34)21-23-34;1-4-5(2)3;3*1-3-2/h6,9-13,15-16,18-20,22-25,27-29H,4-5,7,14,17,21,26H2,1-3H3;5,7-20,22,24-26,31H,6,21,23H2,1-4H3;5H,4H2,1-3H3;3*3H2,1-2H3/b;7-5-,9-8-,15-10-,28-24-;;;;. The topological polar surface area (TPSA) is 4.93 Å². The number of rotatable bonds is 13. The Bertz CT molecular complexity index is 3580. The predicted octanol–water partition coefficient (Wildman–Crippen LogP) is 27.1. The van der Waals surface area contributed by atoms with Gasteiger partial charge >= 0.3 is 0 Å². The molecule has 5 aliphatic rings. The van der Waals surface area contributed by atoms with Gasteiger partial charge < -0.3 is 4.57 Å². The van der Waals surface area contributed by atoms with E-state index < -0.39 is 0 Å². The second kappa shape index (κ2) is 36.6. The number of aryl methyl sites for hydroxylation is 3. The van der Waals surface area contributed by atoms with Crippen LogP contribution in [0.5, 0.6) is 0 Å². The summed E-state index contributed by atoms with van der Waals surface area (Å²) in [5, 5.41) is 1.37. The Kier molecular flexibility index (Phi) is 29.2. The van der Waals surface area contributed by atoms with Crippen LogP contribution in [0.2, 0.25) is 0 Å². The van der Waals surface area contributed by atoms with Crippen LogP contribution in [0.15, 0.2) is 217 Å². The minimum absolute atomic E-state index is 0.100. The average Bonchev–Trinajstić information content (AvgIpc) is 1.09. The SMILES string of the molecule is CCC.CCC.CCC.CCC(C)C.C\C=C/C=C\C=C/C(=C/c1cc(-c2ccccc2C23C=CC=CC2CC3)ccc1C)C(C)CC.Cc1cccc(-n2c3c(c4cc(-c5ccccc5C5=CC=CC=C6CCCC65C(C)C)ccc42)CCCCC=C=C3)c1. The highest BCUT2D eigenvalue weighted by Crippen LogP contribution is 2.59. The zero-order chi connectivity index (χ0) is 65.1. The summed E-state index contributed by atoms with van der Waals surface area (Å²) in [4.78, 5) is 0. The van der Waals surface area contributed by atoms with Gasteiger partial charge in [0, 0.05) is 28.0 Å². The summed E-state index contributed by atoms with van der Waals surface area (Å²) >= 11 is 0. The van der Waals surface area contributed by atoms with Gasteiger partial charge in [-0.05, 0) is 212 Å². The van der Waals surface area contributed by atoms with Crippen molar-refractivity contribution >= 4 is 28.6 Å². The Hall–Kier alpha value is -7.18. The molecule has 0 bridgehead atoms. The fourth-order valence-electron chi connectivity index (χ4n) is 13.2. The van der Waals surface area contributed by atoms with Crippen molar-refractivity contribution in [3.05, 3.63) is 256 Å². The number of allylic oxidation sites excluding steroid dienone is 18. The molecule has 90 heavy (non-hydrogen) atoms. The first-order valence-electron chi connectivity index (χ1n) is 35.3. The van der Waals surface area contributed by atoms with E-state index in [0.717, 1.165) is 25.2 Å². The summed E-state index contributed by atoms with van der Waals surface area (Å²) in [5.74, 6) is 2.56. The minimum Gasteiger partial charge on any atom is -0.309 e. The van der Waals surface area contributed by atoms with Crippen molar-refractivity contribution < 1.29 is 0 Å². The van der Waals surface area contributed by atoms with Crippen LogP contribution in [0.1, 0.15) is 219 Å². The molecule has 476 valence electrons. The van der Waals surface area contributed by atoms with Gasteiger partial charge in [0.25, 0.3) is 0 Å². The predicted molar refractivity (Wildman–Crippen MR) is 403 cm³/mol. The van der Waals surface area contributed by atoms with Gasteiger partial charge in [0.15, 0.2) is 0 Å². The molecular formula is C89H115N. The second-order valence-corrected chi connectivity index (χ2v) is 26.4. The molecule has 4 unspecified atom stereocenters. The van der Waals surface area contributed by atoms with Gasteiger partial charge in [0.05, 0.1) is 11.2 Å². The molecule has 0 spiro atoms. The molecule has 0 aliphatic heterocycles. The Morgan fingerprint density at radius 2 is 1.32 bits per heavy atom. The zero-order valence-electron chi connectivity index (χ0n) is 58.9. The summed E-state index contributed by atoms with van der Waals surface area (Å²) in [6.07, 6.45) is 55.2. The number of fused-ring (bicyclic) bond motifs is 5. The molecule has 5 aliphatic carbocycles. The van der Waals surface area contributed by atoms with Crippen molar-refractivity contribution in [1.82, 2.24) is 4.57 Å². The maximum Gasteiger partial charge on any atom is 0.0577 e. The molecule has 2 fully saturated rings. The molecule has 0 saturated heterocycles. The second-order valence-electron chi connectivity index (χ2n) is 26.4. The van der Waals surface area contributed by atoms with Crippen LogP contribution in [0.3, 0.4) is 0 Å². The first kappa shape index (κ1) is 71.9. The monoisotopic (exact) mass is 1200 g/mol.